The first-order valence-corrected chi connectivity index (χ1v) is 4.95. The molecule has 0 radical (unpaired) electrons. The average molecular weight is 225 g/mol. The molecular weight excluding hydrogens is 208 g/mol. The molecule has 0 bridgehead atoms. The highest BCUT2D eigenvalue weighted by Gasteiger charge is 2.26. The molecular formula is C10H17N4O2+. The highest BCUT2D eigenvalue weighted by atomic mass is 16.6. The molecule has 0 fully saturated rings. The normalized spacial score (nSPS) is 11.4. The number of hydrogen-bond donors (Lipinski definition) is 0. The molecule has 0 saturated heterocycles. The van der Waals surface area contributed by atoms with E-state index < -0.39 is 4.92 Å². The molecule has 1 heterocycles. The van der Waals surface area contributed by atoms with Gasteiger partial charge in [0.15, 0.2) is 5.69 Å². The summed E-state index contributed by atoms with van der Waals surface area (Å²) in [6, 6.07) is 0. The van der Waals surface area contributed by atoms with E-state index in [1.54, 1.807) is 11.6 Å². The molecule has 0 unspecified atom stereocenters. The Morgan fingerprint density at radius 3 is 2.81 bits per heavy atom. The topological polar surface area (TPSA) is 61.0 Å². The van der Waals surface area contributed by atoms with Crippen molar-refractivity contribution in [1.29, 1.82) is 0 Å². The van der Waals surface area contributed by atoms with Crippen molar-refractivity contribution in [2.45, 2.75) is 6.54 Å². The summed E-state index contributed by atoms with van der Waals surface area (Å²) in [5.74, 6) is -0.0576. The Hall–Kier alpha value is -1.69. The molecule has 1 aromatic heterocycles. The second kappa shape index (κ2) is 4.44. The number of aryl methyl sites for hydroxylation is 1. The van der Waals surface area contributed by atoms with Crippen LogP contribution >= 0.6 is 0 Å². The van der Waals surface area contributed by atoms with Crippen molar-refractivity contribution in [3.05, 3.63) is 34.8 Å². The van der Waals surface area contributed by atoms with E-state index in [1.807, 2.05) is 20.2 Å². The van der Waals surface area contributed by atoms with E-state index in [0.717, 1.165) is 6.54 Å². The maximum atomic E-state index is 10.8. The highest BCUT2D eigenvalue weighted by Crippen LogP contribution is 2.19. The van der Waals surface area contributed by atoms with Crippen molar-refractivity contribution in [2.24, 2.45) is 7.05 Å². The summed E-state index contributed by atoms with van der Waals surface area (Å²) >= 11 is 0. The van der Waals surface area contributed by atoms with E-state index in [4.69, 9.17) is 0 Å². The second-order valence-electron chi connectivity index (χ2n) is 4.45. The molecule has 0 saturated carbocycles. The van der Waals surface area contributed by atoms with Gasteiger partial charge in [0.25, 0.3) is 0 Å². The minimum atomic E-state index is -0.441. The van der Waals surface area contributed by atoms with Gasteiger partial charge >= 0.3 is 5.82 Å². The molecule has 0 N–H and O–H groups in total. The molecule has 1 aromatic rings. The first-order valence-electron chi connectivity index (χ1n) is 4.95. The quantitative estimate of drug-likeness (QED) is 0.326. The highest BCUT2D eigenvalue weighted by molar-refractivity contribution is 5.26. The molecule has 0 spiro atoms. The van der Waals surface area contributed by atoms with Crippen molar-refractivity contribution >= 4 is 5.82 Å². The lowest BCUT2D eigenvalue weighted by atomic mass is 10.3. The summed E-state index contributed by atoms with van der Waals surface area (Å²) in [5.41, 5.74) is 0.636. The summed E-state index contributed by atoms with van der Waals surface area (Å²) in [7, 11) is 5.76. The standard InChI is InChI=1S/C10H17N4O2/c1-5-6-14(3,4)7-9-10(13(15)16)11-8-12(9)2/h5,8H,1,6-7H2,2-4H3/q+1. The van der Waals surface area contributed by atoms with Crippen LogP contribution in [0.4, 0.5) is 5.82 Å². The minimum Gasteiger partial charge on any atom is -0.358 e. The molecule has 0 aliphatic rings. The summed E-state index contributed by atoms with van der Waals surface area (Å²) < 4.78 is 2.31. The molecule has 6 heteroatoms. The third-order valence-electron chi connectivity index (χ3n) is 2.41. The predicted molar refractivity (Wildman–Crippen MR) is 60.7 cm³/mol. The van der Waals surface area contributed by atoms with Crippen LogP contribution in [-0.4, -0.2) is 39.6 Å². The average Bonchev–Trinajstić information content (AvgIpc) is 2.47. The summed E-state index contributed by atoms with van der Waals surface area (Å²) in [6.45, 7) is 4.99. The van der Waals surface area contributed by atoms with E-state index in [1.165, 1.54) is 6.33 Å². The molecule has 0 aliphatic heterocycles. The van der Waals surface area contributed by atoms with Crippen molar-refractivity contribution in [3.63, 3.8) is 0 Å². The number of nitrogens with zero attached hydrogens (tertiary/aromatic N) is 4. The van der Waals surface area contributed by atoms with Crippen LogP contribution in [0.15, 0.2) is 19.0 Å². The van der Waals surface area contributed by atoms with E-state index in [9.17, 15) is 10.1 Å². The molecule has 0 aromatic carbocycles. The number of likely N-dealkylation sites (N-methyl/N-ethyl adjacent to an activating group) is 1. The summed E-state index contributed by atoms with van der Waals surface area (Å²) in [5, 5.41) is 10.8. The Balaban J connectivity index is 3.00. The third kappa shape index (κ3) is 2.66. The van der Waals surface area contributed by atoms with E-state index in [-0.39, 0.29) is 5.82 Å². The fraction of sp³-hybridized carbons (Fsp3) is 0.500. The van der Waals surface area contributed by atoms with Gasteiger partial charge in [0, 0.05) is 7.05 Å². The molecule has 6 nitrogen and oxygen atoms in total. The molecule has 0 atom stereocenters. The Morgan fingerprint density at radius 1 is 1.69 bits per heavy atom. The van der Waals surface area contributed by atoms with E-state index in [2.05, 4.69) is 11.6 Å². The largest absolute Gasteiger partial charge is 0.390 e. The molecule has 1 rings (SSSR count). The van der Waals surface area contributed by atoms with Gasteiger partial charge in [-0.2, -0.15) is 0 Å². The molecule has 0 aliphatic carbocycles. The van der Waals surface area contributed by atoms with Crippen molar-refractivity contribution < 1.29 is 9.41 Å². The number of quaternary nitrogens is 1. The number of aromatic nitrogens is 2. The fourth-order valence-electron chi connectivity index (χ4n) is 1.60. The number of hydrogen-bond acceptors (Lipinski definition) is 3. The third-order valence-corrected chi connectivity index (χ3v) is 2.41. The van der Waals surface area contributed by atoms with Crippen molar-refractivity contribution in [2.75, 3.05) is 20.6 Å². The van der Waals surface area contributed by atoms with Gasteiger partial charge in [-0.3, -0.25) is 0 Å². The minimum absolute atomic E-state index is 0.0576. The Morgan fingerprint density at radius 2 is 2.31 bits per heavy atom. The monoisotopic (exact) mass is 225 g/mol. The summed E-state index contributed by atoms with van der Waals surface area (Å²) in [6.07, 6.45) is 3.28. The molecule has 0 amide bonds. The van der Waals surface area contributed by atoms with Crippen LogP contribution in [0.2, 0.25) is 0 Å². The van der Waals surface area contributed by atoms with Crippen LogP contribution in [0.25, 0.3) is 0 Å². The van der Waals surface area contributed by atoms with Crippen LogP contribution in [-0.2, 0) is 13.6 Å². The number of rotatable bonds is 5. The number of imidazole rings is 1. The Labute approximate surface area is 94.6 Å². The lowest BCUT2D eigenvalue weighted by Crippen LogP contribution is -2.39. The lowest BCUT2D eigenvalue weighted by Gasteiger charge is -2.27. The smallest absolute Gasteiger partial charge is 0.358 e. The zero-order chi connectivity index (χ0) is 12.3. The SMILES string of the molecule is C=CC[N+](C)(C)Cc1c([N+](=O)[O-])ncn1C. The lowest BCUT2D eigenvalue weighted by molar-refractivity contribution is -0.898. The van der Waals surface area contributed by atoms with Gasteiger partial charge in [-0.15, -0.1) is 0 Å². The maximum Gasteiger partial charge on any atom is 0.390 e. The van der Waals surface area contributed by atoms with Gasteiger partial charge in [-0.05, 0) is 16.0 Å². The zero-order valence-corrected chi connectivity index (χ0v) is 9.88. The predicted octanol–water partition coefficient (Wildman–Crippen LogP) is 1.09. The maximum absolute atomic E-state index is 10.8. The Bertz CT molecular complexity index is 409. The van der Waals surface area contributed by atoms with Gasteiger partial charge in [0.2, 0.25) is 6.33 Å². The number of nitro groups is 1. The van der Waals surface area contributed by atoms with Gasteiger partial charge in [-0.1, -0.05) is 6.58 Å². The first-order chi connectivity index (χ1) is 7.37. The fourth-order valence-corrected chi connectivity index (χ4v) is 1.60. The van der Waals surface area contributed by atoms with E-state index >= 15 is 0 Å². The zero-order valence-electron chi connectivity index (χ0n) is 9.88. The molecule has 16 heavy (non-hydrogen) atoms. The van der Waals surface area contributed by atoms with Crippen LogP contribution in [0.1, 0.15) is 5.69 Å². The van der Waals surface area contributed by atoms with Gasteiger partial charge < -0.3 is 19.2 Å². The van der Waals surface area contributed by atoms with E-state index in [0.29, 0.717) is 16.7 Å². The van der Waals surface area contributed by atoms with Gasteiger partial charge in [0.1, 0.15) is 6.54 Å². The first kappa shape index (κ1) is 12.4. The van der Waals surface area contributed by atoms with Crippen LogP contribution in [0.3, 0.4) is 0 Å². The van der Waals surface area contributed by atoms with Crippen LogP contribution < -0.4 is 0 Å². The van der Waals surface area contributed by atoms with Gasteiger partial charge in [0.05, 0.1) is 20.6 Å². The Kier molecular flexibility index (Phi) is 3.44. The van der Waals surface area contributed by atoms with Crippen LogP contribution in [0, 0.1) is 10.1 Å². The molecule has 88 valence electrons. The second-order valence-corrected chi connectivity index (χ2v) is 4.45. The summed E-state index contributed by atoms with van der Waals surface area (Å²) in [4.78, 5) is 14.1. The van der Waals surface area contributed by atoms with Crippen LogP contribution in [0.5, 0.6) is 0 Å². The van der Waals surface area contributed by atoms with Crippen molar-refractivity contribution in [3.8, 4) is 0 Å². The van der Waals surface area contributed by atoms with Gasteiger partial charge in [-0.25, -0.2) is 0 Å². The van der Waals surface area contributed by atoms with Crippen molar-refractivity contribution in [1.82, 2.24) is 9.55 Å².